The second-order valence-corrected chi connectivity index (χ2v) is 5.87. The lowest BCUT2D eigenvalue weighted by Crippen LogP contribution is -2.32. The van der Waals surface area contributed by atoms with Crippen LogP contribution in [0.3, 0.4) is 0 Å². The first kappa shape index (κ1) is 13.9. The summed E-state index contributed by atoms with van der Waals surface area (Å²) in [4.78, 5) is 12.3. The molecule has 0 radical (unpaired) electrons. The van der Waals surface area contributed by atoms with Crippen molar-refractivity contribution in [3.05, 3.63) is 70.8 Å². The van der Waals surface area contributed by atoms with Gasteiger partial charge in [0.2, 0.25) is 5.91 Å². The van der Waals surface area contributed by atoms with E-state index in [1.54, 1.807) is 0 Å². The summed E-state index contributed by atoms with van der Waals surface area (Å²) in [6.45, 7) is 2.06. The van der Waals surface area contributed by atoms with E-state index in [4.69, 9.17) is 0 Å². The average molecular weight is 279 g/mol. The quantitative estimate of drug-likeness (QED) is 0.911. The number of fused-ring (bicyclic) bond motifs is 1. The van der Waals surface area contributed by atoms with Gasteiger partial charge in [-0.3, -0.25) is 4.79 Å². The van der Waals surface area contributed by atoms with Crippen molar-refractivity contribution >= 4 is 5.91 Å². The molecular formula is C19H21NO. The molecule has 0 aromatic heterocycles. The van der Waals surface area contributed by atoms with E-state index in [0.29, 0.717) is 6.42 Å². The molecule has 0 spiro atoms. The predicted molar refractivity (Wildman–Crippen MR) is 85.1 cm³/mol. The molecule has 1 aliphatic carbocycles. The van der Waals surface area contributed by atoms with Gasteiger partial charge in [-0.2, -0.15) is 0 Å². The van der Waals surface area contributed by atoms with Gasteiger partial charge in [0.1, 0.15) is 0 Å². The summed E-state index contributed by atoms with van der Waals surface area (Å²) in [5.41, 5.74) is 4.97. The average Bonchev–Trinajstić information content (AvgIpc) is 2.50. The number of benzene rings is 2. The summed E-state index contributed by atoms with van der Waals surface area (Å²) in [7, 11) is 0. The molecule has 2 aromatic rings. The minimum Gasteiger partial charge on any atom is -0.349 e. The topological polar surface area (TPSA) is 29.1 Å². The van der Waals surface area contributed by atoms with Gasteiger partial charge in [-0.1, -0.05) is 54.1 Å². The van der Waals surface area contributed by atoms with Crippen LogP contribution in [0.4, 0.5) is 0 Å². The Morgan fingerprint density at radius 3 is 2.71 bits per heavy atom. The summed E-state index contributed by atoms with van der Waals surface area (Å²) in [6.07, 6.45) is 3.77. The Balaban J connectivity index is 1.67. The zero-order valence-electron chi connectivity index (χ0n) is 12.4. The highest BCUT2D eigenvalue weighted by Gasteiger charge is 2.21. The fraction of sp³-hybridized carbons (Fsp3) is 0.316. The number of aryl methyl sites for hydroxylation is 2. The SMILES string of the molecule is Cc1ccc(CC(=O)N[C@H]2CCCc3ccccc32)cc1. The molecular weight excluding hydrogens is 258 g/mol. The molecule has 2 heteroatoms. The smallest absolute Gasteiger partial charge is 0.224 e. The third-order valence-electron chi connectivity index (χ3n) is 4.19. The van der Waals surface area contributed by atoms with Crippen LogP contribution in [0, 0.1) is 6.92 Å². The second-order valence-electron chi connectivity index (χ2n) is 5.87. The molecule has 1 atom stereocenters. The largest absolute Gasteiger partial charge is 0.349 e. The number of amides is 1. The molecule has 0 unspecified atom stereocenters. The van der Waals surface area contributed by atoms with Crippen LogP contribution in [0.25, 0.3) is 0 Å². The second kappa shape index (κ2) is 6.13. The first-order chi connectivity index (χ1) is 10.2. The number of hydrogen-bond donors (Lipinski definition) is 1. The molecule has 0 saturated heterocycles. The summed E-state index contributed by atoms with van der Waals surface area (Å²) < 4.78 is 0. The Bertz CT molecular complexity index is 630. The zero-order chi connectivity index (χ0) is 14.7. The van der Waals surface area contributed by atoms with Crippen molar-refractivity contribution in [3.63, 3.8) is 0 Å². The molecule has 1 N–H and O–H groups in total. The number of rotatable bonds is 3. The van der Waals surface area contributed by atoms with E-state index in [1.165, 1.54) is 16.7 Å². The molecule has 108 valence electrons. The van der Waals surface area contributed by atoms with Gasteiger partial charge in [-0.05, 0) is 42.9 Å². The Morgan fingerprint density at radius 2 is 1.90 bits per heavy atom. The maximum Gasteiger partial charge on any atom is 0.224 e. The predicted octanol–water partition coefficient (Wildman–Crippen LogP) is 3.73. The zero-order valence-corrected chi connectivity index (χ0v) is 12.4. The van der Waals surface area contributed by atoms with Crippen molar-refractivity contribution in [2.75, 3.05) is 0 Å². The number of carbonyl (C=O) groups is 1. The minimum absolute atomic E-state index is 0.112. The highest BCUT2D eigenvalue weighted by molar-refractivity contribution is 5.79. The summed E-state index contributed by atoms with van der Waals surface area (Å²) in [6, 6.07) is 16.8. The van der Waals surface area contributed by atoms with Gasteiger partial charge in [0.25, 0.3) is 0 Å². The van der Waals surface area contributed by atoms with Crippen molar-refractivity contribution in [3.8, 4) is 0 Å². The summed E-state index contributed by atoms with van der Waals surface area (Å²) in [5, 5.41) is 3.20. The molecule has 2 aromatic carbocycles. The molecule has 0 heterocycles. The normalized spacial score (nSPS) is 17.1. The number of hydrogen-bond acceptors (Lipinski definition) is 1. The van der Waals surface area contributed by atoms with E-state index in [0.717, 1.165) is 24.8 Å². The van der Waals surface area contributed by atoms with Crippen LogP contribution in [0.15, 0.2) is 48.5 Å². The fourth-order valence-corrected chi connectivity index (χ4v) is 3.04. The van der Waals surface area contributed by atoms with Crippen LogP contribution in [-0.4, -0.2) is 5.91 Å². The first-order valence-corrected chi connectivity index (χ1v) is 7.65. The van der Waals surface area contributed by atoms with Crippen LogP contribution < -0.4 is 5.32 Å². The fourth-order valence-electron chi connectivity index (χ4n) is 3.04. The van der Waals surface area contributed by atoms with Crippen molar-refractivity contribution < 1.29 is 4.79 Å². The number of nitrogens with one attached hydrogen (secondary N) is 1. The van der Waals surface area contributed by atoms with Gasteiger partial charge in [-0.15, -0.1) is 0 Å². The molecule has 0 aliphatic heterocycles. The van der Waals surface area contributed by atoms with Crippen molar-refractivity contribution in [2.24, 2.45) is 0 Å². The van der Waals surface area contributed by atoms with Crippen molar-refractivity contribution in [1.29, 1.82) is 0 Å². The van der Waals surface area contributed by atoms with E-state index in [2.05, 4.69) is 48.6 Å². The molecule has 21 heavy (non-hydrogen) atoms. The van der Waals surface area contributed by atoms with Crippen LogP contribution in [-0.2, 0) is 17.6 Å². The summed E-state index contributed by atoms with van der Waals surface area (Å²) in [5.74, 6) is 0.112. The maximum absolute atomic E-state index is 12.3. The lowest BCUT2D eigenvalue weighted by Gasteiger charge is -2.26. The molecule has 3 rings (SSSR count). The van der Waals surface area contributed by atoms with Gasteiger partial charge in [0, 0.05) is 0 Å². The monoisotopic (exact) mass is 279 g/mol. The lowest BCUT2D eigenvalue weighted by molar-refractivity contribution is -0.121. The Morgan fingerprint density at radius 1 is 1.14 bits per heavy atom. The molecule has 0 saturated carbocycles. The highest BCUT2D eigenvalue weighted by Crippen LogP contribution is 2.29. The van der Waals surface area contributed by atoms with Crippen LogP contribution in [0.5, 0.6) is 0 Å². The van der Waals surface area contributed by atoms with Crippen LogP contribution in [0.2, 0.25) is 0 Å². The maximum atomic E-state index is 12.3. The summed E-state index contributed by atoms with van der Waals surface area (Å²) >= 11 is 0. The van der Waals surface area contributed by atoms with Gasteiger partial charge < -0.3 is 5.32 Å². The first-order valence-electron chi connectivity index (χ1n) is 7.65. The van der Waals surface area contributed by atoms with E-state index in [9.17, 15) is 4.79 Å². The van der Waals surface area contributed by atoms with Crippen LogP contribution in [0.1, 0.15) is 41.1 Å². The molecule has 1 aliphatic rings. The third-order valence-corrected chi connectivity index (χ3v) is 4.19. The lowest BCUT2D eigenvalue weighted by atomic mass is 9.87. The van der Waals surface area contributed by atoms with Crippen molar-refractivity contribution in [2.45, 2.75) is 38.6 Å². The minimum atomic E-state index is 0.112. The molecule has 0 fully saturated rings. The molecule has 2 nitrogen and oxygen atoms in total. The Hall–Kier alpha value is -2.09. The third kappa shape index (κ3) is 3.33. The van der Waals surface area contributed by atoms with Crippen LogP contribution >= 0.6 is 0 Å². The van der Waals surface area contributed by atoms with E-state index in [-0.39, 0.29) is 11.9 Å². The van der Waals surface area contributed by atoms with Crippen molar-refractivity contribution in [1.82, 2.24) is 5.32 Å². The van der Waals surface area contributed by atoms with Gasteiger partial charge in [-0.25, -0.2) is 0 Å². The molecule has 0 bridgehead atoms. The van der Waals surface area contributed by atoms with E-state index < -0.39 is 0 Å². The molecule has 1 amide bonds. The van der Waals surface area contributed by atoms with Gasteiger partial charge >= 0.3 is 0 Å². The van der Waals surface area contributed by atoms with E-state index in [1.807, 2.05) is 12.1 Å². The highest BCUT2D eigenvalue weighted by atomic mass is 16.1. The Kier molecular flexibility index (Phi) is 4.05. The Labute approximate surface area is 126 Å². The standard InChI is InChI=1S/C19H21NO/c1-14-9-11-15(12-10-14)13-19(21)20-18-8-4-6-16-5-2-3-7-17(16)18/h2-3,5,7,9-12,18H,4,6,8,13H2,1H3,(H,20,21)/t18-/m0/s1. The number of carbonyl (C=O) groups excluding carboxylic acids is 1. The van der Waals surface area contributed by atoms with Gasteiger partial charge in [0.15, 0.2) is 0 Å². The van der Waals surface area contributed by atoms with Gasteiger partial charge in [0.05, 0.1) is 12.5 Å². The van der Waals surface area contributed by atoms with E-state index >= 15 is 0 Å².